The smallest absolute Gasteiger partial charge is 0.179 e. The maximum atomic E-state index is 6.09. The highest BCUT2D eigenvalue weighted by molar-refractivity contribution is 5.74. The van der Waals surface area contributed by atoms with Crippen molar-refractivity contribution >= 4 is 16.8 Å². The summed E-state index contributed by atoms with van der Waals surface area (Å²) in [6, 6.07) is 2.31. The molecule has 3 heterocycles. The number of rotatable bonds is 1. The molecule has 3 aromatic rings. The van der Waals surface area contributed by atoms with Crippen LogP contribution in [0.2, 0.25) is 0 Å². The maximum Gasteiger partial charge on any atom is 0.179 e. The Kier molecular flexibility index (Phi) is 2.32. The van der Waals surface area contributed by atoms with Gasteiger partial charge < -0.3 is 10.7 Å². The summed E-state index contributed by atoms with van der Waals surface area (Å²) in [5.41, 5.74) is 8.81. The number of hydrogen-bond acceptors (Lipinski definition) is 4. The molecule has 3 aromatic heterocycles. The van der Waals surface area contributed by atoms with E-state index >= 15 is 0 Å². The van der Waals surface area contributed by atoms with Crippen molar-refractivity contribution in [1.29, 1.82) is 0 Å². The molecular weight excluding hydrogens is 240 g/mol. The van der Waals surface area contributed by atoms with Gasteiger partial charge in [-0.2, -0.15) is 0 Å². The molecule has 0 radical (unpaired) electrons. The van der Waals surface area contributed by atoms with Crippen LogP contribution in [0.4, 0.5) is 0 Å². The molecular formula is C13H16N6. The van der Waals surface area contributed by atoms with E-state index < -0.39 is 0 Å². The summed E-state index contributed by atoms with van der Waals surface area (Å²) in [6.45, 7) is 0. The van der Waals surface area contributed by atoms with E-state index in [1.54, 1.807) is 6.20 Å². The Morgan fingerprint density at radius 3 is 3.16 bits per heavy atom. The number of aromatic nitrogens is 5. The predicted octanol–water partition coefficient (Wildman–Crippen LogP) is 1.59. The summed E-state index contributed by atoms with van der Waals surface area (Å²) < 4.78 is 2.11. The monoisotopic (exact) mass is 256 g/mol. The highest BCUT2D eigenvalue weighted by Crippen LogP contribution is 2.32. The lowest BCUT2D eigenvalue weighted by Crippen LogP contribution is -2.27. The second kappa shape index (κ2) is 4.03. The van der Waals surface area contributed by atoms with Gasteiger partial charge in [0, 0.05) is 18.2 Å². The summed E-state index contributed by atoms with van der Waals surface area (Å²) >= 11 is 0. The average molecular weight is 256 g/mol. The minimum Gasteiger partial charge on any atom is -0.345 e. The Labute approximate surface area is 110 Å². The van der Waals surface area contributed by atoms with E-state index in [1.165, 1.54) is 6.42 Å². The van der Waals surface area contributed by atoms with Gasteiger partial charge in [0.1, 0.15) is 5.82 Å². The Bertz CT molecular complexity index is 727. The Hall–Kier alpha value is -1.95. The van der Waals surface area contributed by atoms with Crippen LogP contribution in [-0.2, 0) is 0 Å². The van der Waals surface area contributed by atoms with Crippen LogP contribution in [0.3, 0.4) is 0 Å². The molecule has 6 heteroatoms. The summed E-state index contributed by atoms with van der Waals surface area (Å²) in [5.74, 6) is 1.43. The molecule has 6 nitrogen and oxygen atoms in total. The fourth-order valence-electron chi connectivity index (χ4n) is 3.12. The minimum atomic E-state index is 0.287. The van der Waals surface area contributed by atoms with Gasteiger partial charge >= 0.3 is 0 Å². The van der Waals surface area contributed by atoms with Crippen LogP contribution < -0.4 is 5.73 Å². The Morgan fingerprint density at radius 2 is 2.26 bits per heavy atom. The first-order valence-electron chi connectivity index (χ1n) is 6.75. The number of aromatic amines is 1. The zero-order valence-corrected chi connectivity index (χ0v) is 10.6. The van der Waals surface area contributed by atoms with Crippen molar-refractivity contribution in [3.8, 4) is 0 Å². The highest BCUT2D eigenvalue weighted by Gasteiger charge is 2.25. The number of nitrogens with two attached hydrogens (primary N) is 1. The third kappa shape index (κ3) is 1.63. The Balaban J connectivity index is 1.91. The van der Waals surface area contributed by atoms with Crippen molar-refractivity contribution in [1.82, 2.24) is 24.6 Å². The lowest BCUT2D eigenvalue weighted by molar-refractivity contribution is 0.381. The van der Waals surface area contributed by atoms with E-state index in [1.807, 2.05) is 12.3 Å². The number of H-pyrrole nitrogens is 1. The fraction of sp³-hybridized carbons (Fsp3) is 0.462. The molecule has 1 aliphatic carbocycles. The van der Waals surface area contributed by atoms with Crippen molar-refractivity contribution in [2.24, 2.45) is 5.73 Å². The van der Waals surface area contributed by atoms with Gasteiger partial charge in [-0.15, -0.1) is 10.2 Å². The van der Waals surface area contributed by atoms with Gasteiger partial charge in [0.15, 0.2) is 11.3 Å². The van der Waals surface area contributed by atoms with Gasteiger partial charge in [0.25, 0.3) is 0 Å². The first-order chi connectivity index (χ1) is 9.33. The molecule has 0 amide bonds. The molecule has 0 unspecified atom stereocenters. The molecule has 0 bridgehead atoms. The topological polar surface area (TPSA) is 84.9 Å². The lowest BCUT2D eigenvalue weighted by atomic mass is 9.85. The Morgan fingerprint density at radius 1 is 1.32 bits per heavy atom. The van der Waals surface area contributed by atoms with Gasteiger partial charge in [-0.05, 0) is 25.3 Å². The van der Waals surface area contributed by atoms with Crippen LogP contribution in [0.1, 0.15) is 37.4 Å². The molecule has 2 atom stereocenters. The normalized spacial score (nSPS) is 24.3. The SMILES string of the molecule is N[C@H]1CCC[C@@H](c2nnc3cnc4[nH]ccc4n23)C1. The maximum absolute atomic E-state index is 6.09. The fourth-order valence-corrected chi connectivity index (χ4v) is 3.12. The second-order valence-corrected chi connectivity index (χ2v) is 5.35. The minimum absolute atomic E-state index is 0.287. The average Bonchev–Trinajstić information content (AvgIpc) is 3.04. The predicted molar refractivity (Wildman–Crippen MR) is 71.8 cm³/mol. The van der Waals surface area contributed by atoms with E-state index in [-0.39, 0.29) is 6.04 Å². The summed E-state index contributed by atoms with van der Waals surface area (Å²) in [7, 11) is 0. The number of fused-ring (bicyclic) bond motifs is 3. The first-order valence-corrected chi connectivity index (χ1v) is 6.75. The zero-order chi connectivity index (χ0) is 12.8. The van der Waals surface area contributed by atoms with E-state index in [4.69, 9.17) is 5.73 Å². The van der Waals surface area contributed by atoms with Crippen molar-refractivity contribution < 1.29 is 0 Å². The summed E-state index contributed by atoms with van der Waals surface area (Å²) in [6.07, 6.45) is 8.08. The number of nitrogens with one attached hydrogen (secondary N) is 1. The van der Waals surface area contributed by atoms with Crippen LogP contribution in [-0.4, -0.2) is 30.6 Å². The molecule has 0 spiro atoms. The van der Waals surface area contributed by atoms with Crippen molar-refractivity contribution in [2.45, 2.75) is 37.6 Å². The van der Waals surface area contributed by atoms with E-state index in [9.17, 15) is 0 Å². The van der Waals surface area contributed by atoms with Gasteiger partial charge in [0.2, 0.25) is 0 Å². The first kappa shape index (κ1) is 10.9. The molecule has 0 saturated heterocycles. The van der Waals surface area contributed by atoms with Crippen LogP contribution in [0.5, 0.6) is 0 Å². The van der Waals surface area contributed by atoms with Crippen molar-refractivity contribution in [2.75, 3.05) is 0 Å². The van der Waals surface area contributed by atoms with Crippen LogP contribution >= 0.6 is 0 Å². The van der Waals surface area contributed by atoms with Crippen LogP contribution in [0.25, 0.3) is 16.8 Å². The molecule has 0 aromatic carbocycles. The van der Waals surface area contributed by atoms with E-state index in [0.717, 1.165) is 41.9 Å². The zero-order valence-electron chi connectivity index (χ0n) is 10.6. The van der Waals surface area contributed by atoms with E-state index in [2.05, 4.69) is 24.6 Å². The second-order valence-electron chi connectivity index (χ2n) is 5.35. The third-order valence-corrected chi connectivity index (χ3v) is 4.05. The molecule has 1 saturated carbocycles. The van der Waals surface area contributed by atoms with Crippen LogP contribution in [0, 0.1) is 0 Å². The van der Waals surface area contributed by atoms with Gasteiger partial charge in [0.05, 0.1) is 11.7 Å². The molecule has 4 rings (SSSR count). The standard InChI is InChI=1S/C13H16N6/c14-9-3-1-2-8(6-9)13-18-17-11-7-16-12-10(19(11)13)4-5-15-12/h4-5,7-9,15H,1-3,6,14H2/t8-,9+/m1/s1. The van der Waals surface area contributed by atoms with Gasteiger partial charge in [-0.1, -0.05) is 6.42 Å². The van der Waals surface area contributed by atoms with Gasteiger partial charge in [-0.25, -0.2) is 4.98 Å². The molecule has 1 aliphatic rings. The van der Waals surface area contributed by atoms with E-state index in [0.29, 0.717) is 5.92 Å². The molecule has 3 N–H and O–H groups in total. The van der Waals surface area contributed by atoms with Crippen molar-refractivity contribution in [3.63, 3.8) is 0 Å². The number of hydrogen-bond donors (Lipinski definition) is 2. The molecule has 0 aliphatic heterocycles. The summed E-state index contributed by atoms with van der Waals surface area (Å²) in [5, 5.41) is 8.63. The van der Waals surface area contributed by atoms with Crippen LogP contribution in [0.15, 0.2) is 18.5 Å². The largest absolute Gasteiger partial charge is 0.345 e. The third-order valence-electron chi connectivity index (χ3n) is 4.05. The van der Waals surface area contributed by atoms with Gasteiger partial charge in [-0.3, -0.25) is 4.40 Å². The number of nitrogens with zero attached hydrogens (tertiary/aromatic N) is 4. The molecule has 19 heavy (non-hydrogen) atoms. The molecule has 1 fully saturated rings. The van der Waals surface area contributed by atoms with Crippen molar-refractivity contribution in [3.05, 3.63) is 24.3 Å². The molecule has 98 valence electrons. The highest BCUT2D eigenvalue weighted by atomic mass is 15.3. The lowest BCUT2D eigenvalue weighted by Gasteiger charge is -2.25. The summed E-state index contributed by atoms with van der Waals surface area (Å²) in [4.78, 5) is 7.47. The quantitative estimate of drug-likeness (QED) is 0.692.